The fourth-order valence-electron chi connectivity index (χ4n) is 2.65. The molecule has 2 aromatic carbocycles. The van der Waals surface area contributed by atoms with Crippen LogP contribution in [-0.2, 0) is 19.7 Å². The number of nitrogens with one attached hydrogen (secondary N) is 1. The number of allylic oxidation sites excluding steroid dienone is 1. The van der Waals surface area contributed by atoms with E-state index in [1.807, 2.05) is 12.1 Å². The summed E-state index contributed by atoms with van der Waals surface area (Å²) < 4.78 is 14.2. The van der Waals surface area contributed by atoms with Gasteiger partial charge in [-0.15, -0.1) is 6.58 Å². The van der Waals surface area contributed by atoms with Crippen molar-refractivity contribution in [2.75, 3.05) is 12.4 Å². The van der Waals surface area contributed by atoms with Gasteiger partial charge in [-0.1, -0.05) is 56.9 Å². The molecule has 8 heteroatoms. The molecule has 0 saturated carbocycles. The number of tetrazole rings is 1. The number of ether oxygens (including phenoxy) is 2. The van der Waals surface area contributed by atoms with Crippen LogP contribution < -0.4 is 14.8 Å². The smallest absolute Gasteiger partial charge is 0.243 e. The molecule has 0 amide bonds. The van der Waals surface area contributed by atoms with E-state index in [1.54, 1.807) is 17.9 Å². The second-order valence-electron chi connectivity index (χ2n) is 6.16. The molecule has 0 bridgehead atoms. The van der Waals surface area contributed by atoms with Crippen molar-refractivity contribution in [3.63, 3.8) is 0 Å². The van der Waals surface area contributed by atoms with Gasteiger partial charge in [0.2, 0.25) is 5.95 Å². The summed E-state index contributed by atoms with van der Waals surface area (Å²) in [5.41, 5.74) is 3.21. The number of aromatic nitrogens is 4. The zero-order valence-electron chi connectivity index (χ0n) is 15.9. The standard InChI is InChI=1S/C20H22BrN5O2/c1-4-11-26-20(23-24-25-26)22-12-16-17(21)9-10-18(27-3)19(16)28-13-15-7-5-14(2)6-8-15/h4-10H,1,11-13H2,2-3H3,(H,22,23,25). The summed E-state index contributed by atoms with van der Waals surface area (Å²) in [7, 11) is 1.63. The highest BCUT2D eigenvalue weighted by molar-refractivity contribution is 9.10. The highest BCUT2D eigenvalue weighted by Crippen LogP contribution is 2.37. The Morgan fingerprint density at radius 3 is 2.71 bits per heavy atom. The first-order valence-electron chi connectivity index (χ1n) is 8.77. The quantitative estimate of drug-likeness (QED) is 0.501. The molecule has 0 aliphatic carbocycles. The highest BCUT2D eigenvalue weighted by atomic mass is 79.9. The van der Waals surface area contributed by atoms with Gasteiger partial charge >= 0.3 is 0 Å². The zero-order chi connectivity index (χ0) is 19.9. The Labute approximate surface area is 172 Å². The van der Waals surface area contributed by atoms with Crippen LogP contribution in [-0.4, -0.2) is 27.3 Å². The highest BCUT2D eigenvalue weighted by Gasteiger charge is 2.16. The summed E-state index contributed by atoms with van der Waals surface area (Å²) in [6.45, 7) is 7.19. The number of aryl methyl sites for hydroxylation is 1. The van der Waals surface area contributed by atoms with E-state index in [9.17, 15) is 0 Å². The maximum atomic E-state index is 6.14. The third kappa shape index (κ3) is 4.69. The molecule has 0 saturated heterocycles. The van der Waals surface area contributed by atoms with Crippen molar-refractivity contribution in [1.29, 1.82) is 0 Å². The molecule has 0 atom stereocenters. The van der Waals surface area contributed by atoms with Crippen LogP contribution in [0.5, 0.6) is 11.5 Å². The number of methoxy groups -OCH3 is 1. The van der Waals surface area contributed by atoms with E-state index in [2.05, 4.69) is 74.5 Å². The van der Waals surface area contributed by atoms with Gasteiger partial charge in [-0.05, 0) is 35.0 Å². The van der Waals surface area contributed by atoms with Crippen molar-refractivity contribution in [2.45, 2.75) is 26.6 Å². The average molecular weight is 444 g/mol. The molecule has 1 aromatic heterocycles. The Kier molecular flexibility index (Phi) is 6.65. The van der Waals surface area contributed by atoms with Gasteiger partial charge in [0.25, 0.3) is 0 Å². The van der Waals surface area contributed by atoms with Gasteiger partial charge in [0.1, 0.15) is 6.61 Å². The zero-order valence-corrected chi connectivity index (χ0v) is 17.4. The molecule has 7 nitrogen and oxygen atoms in total. The van der Waals surface area contributed by atoms with Gasteiger partial charge in [-0.2, -0.15) is 0 Å². The van der Waals surface area contributed by atoms with Crippen molar-refractivity contribution in [3.05, 3.63) is 70.2 Å². The minimum Gasteiger partial charge on any atom is -0.493 e. The third-order valence-electron chi connectivity index (χ3n) is 4.15. The number of halogens is 1. The van der Waals surface area contributed by atoms with Crippen molar-refractivity contribution >= 4 is 21.9 Å². The second-order valence-corrected chi connectivity index (χ2v) is 7.01. The number of nitrogens with zero attached hydrogens (tertiary/aromatic N) is 4. The largest absolute Gasteiger partial charge is 0.493 e. The van der Waals surface area contributed by atoms with Crippen LogP contribution in [0.15, 0.2) is 53.5 Å². The Morgan fingerprint density at radius 2 is 2.00 bits per heavy atom. The van der Waals surface area contributed by atoms with Crippen molar-refractivity contribution in [3.8, 4) is 11.5 Å². The summed E-state index contributed by atoms with van der Waals surface area (Å²) in [6, 6.07) is 12.1. The summed E-state index contributed by atoms with van der Waals surface area (Å²) in [6.07, 6.45) is 1.74. The maximum absolute atomic E-state index is 6.14. The summed E-state index contributed by atoms with van der Waals surface area (Å²) in [5, 5.41) is 14.9. The van der Waals surface area contributed by atoms with Crippen molar-refractivity contribution in [1.82, 2.24) is 20.2 Å². The van der Waals surface area contributed by atoms with E-state index in [4.69, 9.17) is 9.47 Å². The van der Waals surface area contributed by atoms with Gasteiger partial charge in [-0.25, -0.2) is 4.68 Å². The van der Waals surface area contributed by atoms with E-state index in [0.29, 0.717) is 37.1 Å². The van der Waals surface area contributed by atoms with Crippen molar-refractivity contribution in [2.24, 2.45) is 0 Å². The van der Waals surface area contributed by atoms with E-state index in [1.165, 1.54) is 5.56 Å². The van der Waals surface area contributed by atoms with Crippen LogP contribution in [0.3, 0.4) is 0 Å². The molecule has 1 heterocycles. The monoisotopic (exact) mass is 443 g/mol. The predicted molar refractivity (Wildman–Crippen MR) is 112 cm³/mol. The fraction of sp³-hybridized carbons (Fsp3) is 0.250. The van der Waals surface area contributed by atoms with E-state index in [-0.39, 0.29) is 0 Å². The number of benzene rings is 2. The summed E-state index contributed by atoms with van der Waals surface area (Å²) in [4.78, 5) is 0. The molecule has 3 rings (SSSR count). The molecule has 0 aliphatic heterocycles. The minimum absolute atomic E-state index is 0.439. The van der Waals surface area contributed by atoms with Gasteiger partial charge in [-0.3, -0.25) is 0 Å². The van der Waals surface area contributed by atoms with Crippen molar-refractivity contribution < 1.29 is 9.47 Å². The number of hydrogen-bond acceptors (Lipinski definition) is 6. The Hall–Kier alpha value is -2.87. The molecule has 28 heavy (non-hydrogen) atoms. The summed E-state index contributed by atoms with van der Waals surface area (Å²) in [5.74, 6) is 1.89. The van der Waals surface area contributed by atoms with E-state index < -0.39 is 0 Å². The first-order chi connectivity index (χ1) is 13.6. The normalized spacial score (nSPS) is 10.5. The van der Waals surface area contributed by atoms with Gasteiger partial charge in [0.15, 0.2) is 11.5 Å². The van der Waals surface area contributed by atoms with Crippen LogP contribution in [0.2, 0.25) is 0 Å². The van der Waals surface area contributed by atoms with Crippen LogP contribution in [0.25, 0.3) is 0 Å². The van der Waals surface area contributed by atoms with E-state index >= 15 is 0 Å². The molecule has 3 aromatic rings. The topological polar surface area (TPSA) is 74.1 Å². The molecule has 0 aliphatic rings. The molecule has 0 spiro atoms. The van der Waals surface area contributed by atoms with Crippen LogP contribution in [0.4, 0.5) is 5.95 Å². The van der Waals surface area contributed by atoms with Crippen LogP contribution >= 0.6 is 15.9 Å². The lowest BCUT2D eigenvalue weighted by atomic mass is 10.1. The molecule has 0 radical (unpaired) electrons. The van der Waals surface area contributed by atoms with Crippen LogP contribution in [0, 0.1) is 6.92 Å². The molecule has 0 fully saturated rings. The SMILES string of the molecule is C=CCn1nnnc1NCc1c(Br)ccc(OC)c1OCc1ccc(C)cc1. The van der Waals surface area contributed by atoms with Gasteiger partial charge < -0.3 is 14.8 Å². The first kappa shape index (κ1) is 19.9. The number of hydrogen-bond donors (Lipinski definition) is 1. The molecule has 146 valence electrons. The lowest BCUT2D eigenvalue weighted by Gasteiger charge is -2.17. The Bertz CT molecular complexity index is 940. The van der Waals surface area contributed by atoms with Gasteiger partial charge in [0, 0.05) is 16.6 Å². The fourth-order valence-corrected chi connectivity index (χ4v) is 3.10. The molecule has 1 N–H and O–H groups in total. The third-order valence-corrected chi connectivity index (χ3v) is 4.89. The average Bonchev–Trinajstić information content (AvgIpc) is 3.14. The van der Waals surface area contributed by atoms with Crippen LogP contribution in [0.1, 0.15) is 16.7 Å². The lowest BCUT2D eigenvalue weighted by Crippen LogP contribution is -2.10. The molecular formula is C20H22BrN5O2. The minimum atomic E-state index is 0.439. The first-order valence-corrected chi connectivity index (χ1v) is 9.56. The van der Waals surface area contributed by atoms with E-state index in [0.717, 1.165) is 15.6 Å². The lowest BCUT2D eigenvalue weighted by molar-refractivity contribution is 0.281. The van der Waals surface area contributed by atoms with Gasteiger partial charge in [0.05, 0.1) is 13.7 Å². The molecule has 0 unspecified atom stereocenters. The Morgan fingerprint density at radius 1 is 1.21 bits per heavy atom. The Balaban J connectivity index is 1.81. The second kappa shape index (κ2) is 9.36. The molecular weight excluding hydrogens is 422 g/mol. The number of rotatable bonds is 9. The maximum Gasteiger partial charge on any atom is 0.243 e. The summed E-state index contributed by atoms with van der Waals surface area (Å²) >= 11 is 3.61. The predicted octanol–water partition coefficient (Wildman–Crippen LogP) is 4.13. The number of anilines is 1.